The maximum Gasteiger partial charge on any atom is 0.229 e. The molecule has 0 bridgehead atoms. The summed E-state index contributed by atoms with van der Waals surface area (Å²) >= 11 is 0. The van der Waals surface area contributed by atoms with Gasteiger partial charge in [-0.1, -0.05) is 17.7 Å². The first kappa shape index (κ1) is 19.9. The van der Waals surface area contributed by atoms with E-state index >= 15 is 0 Å². The van der Waals surface area contributed by atoms with Crippen LogP contribution in [0.3, 0.4) is 0 Å². The van der Waals surface area contributed by atoms with Gasteiger partial charge in [-0.25, -0.2) is 4.68 Å². The Morgan fingerprint density at radius 2 is 1.77 bits per heavy atom. The van der Waals surface area contributed by atoms with Crippen LogP contribution in [0.4, 0.5) is 11.4 Å². The Kier molecular flexibility index (Phi) is 5.16. The zero-order chi connectivity index (χ0) is 21.4. The molecular formula is C24H26N4O2. The Hall–Kier alpha value is -3.41. The number of nitrogens with one attached hydrogen (secondary N) is 1. The number of amides is 2. The van der Waals surface area contributed by atoms with Crippen molar-refractivity contribution in [2.24, 2.45) is 5.92 Å². The van der Waals surface area contributed by atoms with E-state index in [0.717, 1.165) is 33.9 Å². The molecule has 1 aromatic heterocycles. The molecule has 0 radical (unpaired) electrons. The molecule has 6 nitrogen and oxygen atoms in total. The van der Waals surface area contributed by atoms with Gasteiger partial charge in [0.25, 0.3) is 0 Å². The molecule has 30 heavy (non-hydrogen) atoms. The van der Waals surface area contributed by atoms with Crippen molar-refractivity contribution in [3.63, 3.8) is 0 Å². The molecule has 0 saturated carbocycles. The van der Waals surface area contributed by atoms with Gasteiger partial charge in [0.2, 0.25) is 11.8 Å². The summed E-state index contributed by atoms with van der Waals surface area (Å²) in [6.45, 7) is 8.39. The van der Waals surface area contributed by atoms with Gasteiger partial charge in [-0.3, -0.25) is 9.59 Å². The molecule has 0 spiro atoms. The molecule has 4 rings (SSSR count). The molecule has 2 heterocycles. The van der Waals surface area contributed by atoms with E-state index in [1.807, 2.05) is 74.8 Å². The topological polar surface area (TPSA) is 67.2 Å². The van der Waals surface area contributed by atoms with Gasteiger partial charge >= 0.3 is 0 Å². The Morgan fingerprint density at radius 1 is 1.03 bits per heavy atom. The minimum Gasteiger partial charge on any atom is -0.326 e. The Morgan fingerprint density at radius 3 is 2.40 bits per heavy atom. The van der Waals surface area contributed by atoms with Crippen molar-refractivity contribution < 1.29 is 9.59 Å². The third kappa shape index (κ3) is 3.85. The number of hydrogen-bond donors (Lipinski definition) is 1. The first-order valence-electron chi connectivity index (χ1n) is 10.1. The van der Waals surface area contributed by atoms with Gasteiger partial charge in [0, 0.05) is 30.0 Å². The van der Waals surface area contributed by atoms with Crippen molar-refractivity contribution in [1.29, 1.82) is 0 Å². The van der Waals surface area contributed by atoms with E-state index in [0.29, 0.717) is 12.2 Å². The Balaban J connectivity index is 1.44. The van der Waals surface area contributed by atoms with Crippen molar-refractivity contribution in [2.75, 3.05) is 16.8 Å². The van der Waals surface area contributed by atoms with E-state index in [-0.39, 0.29) is 24.2 Å². The van der Waals surface area contributed by atoms with Gasteiger partial charge in [0.05, 0.1) is 17.3 Å². The number of rotatable bonds is 4. The van der Waals surface area contributed by atoms with Crippen LogP contribution >= 0.6 is 0 Å². The summed E-state index contributed by atoms with van der Waals surface area (Å²) < 4.78 is 1.87. The zero-order valence-corrected chi connectivity index (χ0v) is 17.8. The molecule has 0 aliphatic carbocycles. The van der Waals surface area contributed by atoms with Crippen LogP contribution in [0.2, 0.25) is 0 Å². The quantitative estimate of drug-likeness (QED) is 0.715. The van der Waals surface area contributed by atoms with Gasteiger partial charge in [0.15, 0.2) is 0 Å². The third-order valence-electron chi connectivity index (χ3n) is 5.53. The van der Waals surface area contributed by atoms with Crippen LogP contribution in [-0.4, -0.2) is 28.1 Å². The largest absolute Gasteiger partial charge is 0.326 e. The lowest BCUT2D eigenvalue weighted by atomic mass is 10.1. The van der Waals surface area contributed by atoms with Gasteiger partial charge in [-0.2, -0.15) is 5.10 Å². The number of aromatic nitrogens is 2. The fourth-order valence-electron chi connectivity index (χ4n) is 4.04. The fourth-order valence-corrected chi connectivity index (χ4v) is 4.04. The van der Waals surface area contributed by atoms with Gasteiger partial charge < -0.3 is 10.2 Å². The summed E-state index contributed by atoms with van der Waals surface area (Å²) in [6, 6.07) is 15.6. The van der Waals surface area contributed by atoms with Crippen molar-refractivity contribution in [3.05, 3.63) is 71.0 Å². The highest BCUT2D eigenvalue weighted by molar-refractivity contribution is 6.03. The summed E-state index contributed by atoms with van der Waals surface area (Å²) in [7, 11) is 0. The van der Waals surface area contributed by atoms with Crippen molar-refractivity contribution in [3.8, 4) is 5.69 Å². The predicted molar refractivity (Wildman–Crippen MR) is 118 cm³/mol. The first-order chi connectivity index (χ1) is 14.3. The highest BCUT2D eigenvalue weighted by Gasteiger charge is 2.35. The molecule has 1 N–H and O–H groups in total. The van der Waals surface area contributed by atoms with E-state index in [4.69, 9.17) is 0 Å². The van der Waals surface area contributed by atoms with Crippen LogP contribution in [0.25, 0.3) is 5.69 Å². The number of carbonyl (C=O) groups excluding carboxylic acids is 2. The maximum atomic E-state index is 12.8. The molecule has 154 valence electrons. The molecule has 2 amide bonds. The van der Waals surface area contributed by atoms with Gasteiger partial charge in [-0.15, -0.1) is 0 Å². The second kappa shape index (κ2) is 7.78. The van der Waals surface area contributed by atoms with Crippen molar-refractivity contribution >= 4 is 23.2 Å². The monoisotopic (exact) mass is 402 g/mol. The number of benzene rings is 2. The fraction of sp³-hybridized carbons (Fsp3) is 0.292. The number of carbonyl (C=O) groups is 2. The summed E-state index contributed by atoms with van der Waals surface area (Å²) in [5.41, 5.74) is 6.75. The molecule has 3 aromatic rings. The molecule has 1 aliphatic rings. The third-order valence-corrected chi connectivity index (χ3v) is 5.53. The van der Waals surface area contributed by atoms with Gasteiger partial charge in [0.1, 0.15) is 0 Å². The molecule has 1 fully saturated rings. The summed E-state index contributed by atoms with van der Waals surface area (Å²) in [4.78, 5) is 27.1. The highest BCUT2D eigenvalue weighted by atomic mass is 16.2. The maximum absolute atomic E-state index is 12.8. The van der Waals surface area contributed by atoms with Crippen LogP contribution in [-0.2, 0) is 9.59 Å². The second-order valence-corrected chi connectivity index (χ2v) is 8.07. The van der Waals surface area contributed by atoms with E-state index in [9.17, 15) is 9.59 Å². The van der Waals surface area contributed by atoms with E-state index in [2.05, 4.69) is 16.5 Å². The highest BCUT2D eigenvalue weighted by Crippen LogP contribution is 2.29. The molecule has 2 aromatic carbocycles. The predicted octanol–water partition coefficient (Wildman–Crippen LogP) is 4.10. The lowest BCUT2D eigenvalue weighted by Crippen LogP contribution is -2.28. The Labute approximate surface area is 176 Å². The van der Waals surface area contributed by atoms with Crippen LogP contribution < -0.4 is 10.2 Å². The average Bonchev–Trinajstić information content (AvgIpc) is 3.24. The standard InChI is InChI=1S/C24H26N4O2/c1-15-5-10-22(16(2)11-15)27-14-19(13-23(27)29)24(30)25-20-6-8-21(9-7-20)28-18(4)12-17(3)26-28/h5-12,19H,13-14H2,1-4H3,(H,25,30)/t19-/m1/s1. The number of anilines is 2. The van der Waals surface area contributed by atoms with Crippen LogP contribution in [0.15, 0.2) is 48.5 Å². The van der Waals surface area contributed by atoms with Crippen LogP contribution in [0, 0.1) is 33.6 Å². The second-order valence-electron chi connectivity index (χ2n) is 8.07. The number of nitrogens with zero attached hydrogens (tertiary/aromatic N) is 3. The lowest BCUT2D eigenvalue weighted by Gasteiger charge is -2.19. The summed E-state index contributed by atoms with van der Waals surface area (Å²) in [5.74, 6) is -0.509. The lowest BCUT2D eigenvalue weighted by molar-refractivity contribution is -0.122. The first-order valence-corrected chi connectivity index (χ1v) is 10.1. The van der Waals surface area contributed by atoms with Crippen LogP contribution in [0.5, 0.6) is 0 Å². The Bertz CT molecular complexity index is 1110. The minimum absolute atomic E-state index is 0.0121. The van der Waals surface area contributed by atoms with Crippen molar-refractivity contribution in [1.82, 2.24) is 9.78 Å². The van der Waals surface area contributed by atoms with Crippen molar-refractivity contribution in [2.45, 2.75) is 34.1 Å². The summed E-state index contributed by atoms with van der Waals surface area (Å²) in [6.07, 6.45) is 0.225. The smallest absolute Gasteiger partial charge is 0.229 e. The van der Waals surface area contributed by atoms with E-state index < -0.39 is 0 Å². The number of aryl methyl sites for hydroxylation is 4. The van der Waals surface area contributed by atoms with E-state index in [1.54, 1.807) is 4.90 Å². The summed E-state index contributed by atoms with van der Waals surface area (Å²) in [5, 5.41) is 7.43. The van der Waals surface area contributed by atoms with E-state index in [1.165, 1.54) is 0 Å². The van der Waals surface area contributed by atoms with Gasteiger partial charge in [-0.05, 0) is 69.7 Å². The zero-order valence-electron chi connectivity index (χ0n) is 17.8. The molecule has 1 aliphatic heterocycles. The molecule has 6 heteroatoms. The minimum atomic E-state index is -0.367. The molecule has 1 saturated heterocycles. The van der Waals surface area contributed by atoms with Crippen LogP contribution in [0.1, 0.15) is 28.9 Å². The average molecular weight is 402 g/mol. The SMILES string of the molecule is Cc1ccc(N2C[C@H](C(=O)Nc3ccc(-n4nc(C)cc4C)cc3)CC2=O)c(C)c1. The number of hydrogen-bond acceptors (Lipinski definition) is 3. The molecule has 1 atom stereocenters. The molecular weight excluding hydrogens is 376 g/mol. The molecule has 0 unspecified atom stereocenters. The normalized spacial score (nSPS) is 16.2.